The lowest BCUT2D eigenvalue weighted by atomic mass is 10.0. The van der Waals surface area contributed by atoms with Crippen LogP contribution in [0.25, 0.3) is 5.57 Å². The van der Waals surface area contributed by atoms with Gasteiger partial charge >= 0.3 is 0 Å². The number of hydrogen-bond donors (Lipinski definition) is 0. The van der Waals surface area contributed by atoms with Crippen LogP contribution in [0.4, 0.5) is 5.69 Å². The molecule has 156 valence electrons. The fraction of sp³-hybridized carbons (Fsp3) is 0.333. The number of halogens is 1. The van der Waals surface area contributed by atoms with Crippen LogP contribution in [0.15, 0.2) is 48.2 Å². The zero-order valence-corrected chi connectivity index (χ0v) is 18.2. The predicted octanol–water partition coefficient (Wildman–Crippen LogP) is 4.82. The first kappa shape index (κ1) is 20.5. The Morgan fingerprint density at radius 3 is 2.27 bits per heavy atom. The Hall–Kier alpha value is -2.79. The summed E-state index contributed by atoms with van der Waals surface area (Å²) in [5.41, 5.74) is 2.88. The molecule has 0 unspecified atom stereocenters. The Bertz CT molecular complexity index is 1020. The Labute approximate surface area is 181 Å². The van der Waals surface area contributed by atoms with Gasteiger partial charge in [-0.25, -0.2) is 4.90 Å². The molecular weight excluding hydrogens is 400 g/mol. The summed E-state index contributed by atoms with van der Waals surface area (Å²) in [7, 11) is 0. The third-order valence-electron chi connectivity index (χ3n) is 5.48. The average Bonchev–Trinajstić information content (AvgIpc) is 3.31. The van der Waals surface area contributed by atoms with Gasteiger partial charge in [0.2, 0.25) is 0 Å². The summed E-state index contributed by atoms with van der Waals surface area (Å²) in [6, 6.07) is 12.7. The minimum atomic E-state index is -0.315. The molecule has 0 N–H and O–H groups in total. The number of amides is 2. The fourth-order valence-corrected chi connectivity index (χ4v) is 4.21. The van der Waals surface area contributed by atoms with E-state index in [-0.39, 0.29) is 17.9 Å². The van der Waals surface area contributed by atoms with Gasteiger partial charge in [0.1, 0.15) is 11.4 Å². The zero-order valence-electron chi connectivity index (χ0n) is 17.4. The summed E-state index contributed by atoms with van der Waals surface area (Å²) in [5.74, 6) is 0.131. The van der Waals surface area contributed by atoms with E-state index in [4.69, 9.17) is 16.3 Å². The smallest absolute Gasteiger partial charge is 0.282 e. The van der Waals surface area contributed by atoms with Crippen molar-refractivity contribution in [3.63, 3.8) is 0 Å². The molecule has 0 aromatic heterocycles. The summed E-state index contributed by atoms with van der Waals surface area (Å²) in [6.07, 6.45) is 2.08. The number of nitrogens with zero attached hydrogens (tertiary/aromatic N) is 2. The van der Waals surface area contributed by atoms with Crippen LogP contribution in [0.3, 0.4) is 0 Å². The Balaban J connectivity index is 1.79. The highest BCUT2D eigenvalue weighted by molar-refractivity contribution is 6.46. The molecule has 0 spiro atoms. The lowest BCUT2D eigenvalue weighted by molar-refractivity contribution is -0.120. The van der Waals surface area contributed by atoms with Crippen molar-refractivity contribution in [2.45, 2.75) is 39.7 Å². The fourth-order valence-electron chi connectivity index (χ4n) is 4.04. The second kappa shape index (κ2) is 8.15. The van der Waals surface area contributed by atoms with Crippen LogP contribution >= 0.6 is 11.6 Å². The van der Waals surface area contributed by atoms with Crippen LogP contribution in [0.5, 0.6) is 5.75 Å². The standard InChI is InChI=1S/C24H25ClN2O3/c1-15(2)30-18-11-9-17(10-12-18)21-22(26-13-4-5-14-26)24(29)27(23(21)28)20-8-6-7-19(25)16(20)3/h6-12,15H,4-5,13-14H2,1-3H3. The van der Waals surface area contributed by atoms with Crippen molar-refractivity contribution in [2.24, 2.45) is 0 Å². The van der Waals surface area contributed by atoms with Crippen molar-refractivity contribution < 1.29 is 14.3 Å². The molecule has 1 saturated heterocycles. The quantitative estimate of drug-likeness (QED) is 0.646. The van der Waals surface area contributed by atoms with Crippen LogP contribution in [-0.4, -0.2) is 35.9 Å². The molecule has 6 heteroatoms. The SMILES string of the molecule is Cc1c(Cl)cccc1N1C(=O)C(c2ccc(OC(C)C)cc2)=C(N2CCCC2)C1=O. The first-order valence-corrected chi connectivity index (χ1v) is 10.7. The zero-order chi connectivity index (χ0) is 21.4. The molecule has 2 heterocycles. The second-order valence-corrected chi connectivity index (χ2v) is 8.35. The molecule has 2 aromatic rings. The molecule has 0 bridgehead atoms. The van der Waals surface area contributed by atoms with Crippen molar-refractivity contribution >= 4 is 34.7 Å². The third kappa shape index (κ3) is 3.58. The number of benzene rings is 2. The van der Waals surface area contributed by atoms with Gasteiger partial charge in [0, 0.05) is 18.1 Å². The summed E-state index contributed by atoms with van der Waals surface area (Å²) in [5, 5.41) is 0.527. The molecule has 1 fully saturated rings. The summed E-state index contributed by atoms with van der Waals surface area (Å²) >= 11 is 6.28. The molecule has 2 aliphatic rings. The van der Waals surface area contributed by atoms with Gasteiger partial charge < -0.3 is 9.64 Å². The lowest BCUT2D eigenvalue weighted by Gasteiger charge is -2.21. The largest absolute Gasteiger partial charge is 0.491 e. The van der Waals surface area contributed by atoms with Gasteiger partial charge in [-0.3, -0.25) is 9.59 Å². The van der Waals surface area contributed by atoms with Crippen LogP contribution in [0, 0.1) is 6.92 Å². The van der Waals surface area contributed by atoms with E-state index in [0.29, 0.717) is 33.1 Å². The van der Waals surface area contributed by atoms with E-state index in [0.717, 1.165) is 31.7 Å². The van der Waals surface area contributed by atoms with E-state index >= 15 is 0 Å². The van der Waals surface area contributed by atoms with Crippen molar-refractivity contribution in [1.29, 1.82) is 0 Å². The predicted molar refractivity (Wildman–Crippen MR) is 119 cm³/mol. The molecule has 30 heavy (non-hydrogen) atoms. The molecular formula is C24H25ClN2O3. The molecule has 0 radical (unpaired) electrons. The van der Waals surface area contributed by atoms with Crippen molar-refractivity contribution in [3.8, 4) is 5.75 Å². The van der Waals surface area contributed by atoms with E-state index in [1.54, 1.807) is 18.2 Å². The molecule has 2 amide bonds. The number of rotatable bonds is 5. The first-order chi connectivity index (χ1) is 14.4. The van der Waals surface area contributed by atoms with Crippen molar-refractivity contribution in [2.75, 3.05) is 18.0 Å². The molecule has 0 atom stereocenters. The summed E-state index contributed by atoms with van der Waals surface area (Å²) in [6.45, 7) is 7.30. The Morgan fingerprint density at radius 1 is 0.967 bits per heavy atom. The Kier molecular flexibility index (Phi) is 5.56. The van der Waals surface area contributed by atoms with Gasteiger partial charge in [-0.05, 0) is 69.0 Å². The van der Waals surface area contributed by atoms with Crippen molar-refractivity contribution in [1.82, 2.24) is 4.90 Å². The maximum atomic E-state index is 13.6. The van der Waals surface area contributed by atoms with Gasteiger partial charge in [-0.15, -0.1) is 0 Å². The third-order valence-corrected chi connectivity index (χ3v) is 5.89. The minimum absolute atomic E-state index is 0.0613. The minimum Gasteiger partial charge on any atom is -0.491 e. The second-order valence-electron chi connectivity index (χ2n) is 7.94. The van der Waals surface area contributed by atoms with Crippen LogP contribution in [-0.2, 0) is 9.59 Å². The van der Waals surface area contributed by atoms with Gasteiger partial charge in [0.05, 0.1) is 17.4 Å². The highest BCUT2D eigenvalue weighted by atomic mass is 35.5. The molecule has 2 aliphatic heterocycles. The number of carbonyl (C=O) groups is 2. The summed E-state index contributed by atoms with van der Waals surface area (Å²) in [4.78, 5) is 30.4. The average molecular weight is 425 g/mol. The van der Waals surface area contributed by atoms with Gasteiger partial charge in [-0.2, -0.15) is 0 Å². The number of ether oxygens (including phenoxy) is 1. The van der Waals surface area contributed by atoms with E-state index < -0.39 is 0 Å². The van der Waals surface area contributed by atoms with Crippen molar-refractivity contribution in [3.05, 3.63) is 64.3 Å². The molecule has 0 aliphatic carbocycles. The van der Waals surface area contributed by atoms with E-state index in [1.165, 1.54) is 4.90 Å². The molecule has 4 rings (SSSR count). The first-order valence-electron chi connectivity index (χ1n) is 10.3. The molecule has 5 nitrogen and oxygen atoms in total. The number of imide groups is 1. The van der Waals surface area contributed by atoms with Gasteiger partial charge in [0.15, 0.2) is 0 Å². The van der Waals surface area contributed by atoms with E-state index in [1.807, 2.05) is 49.9 Å². The van der Waals surface area contributed by atoms with Gasteiger partial charge in [0.25, 0.3) is 11.8 Å². The maximum Gasteiger partial charge on any atom is 0.282 e. The van der Waals surface area contributed by atoms with Gasteiger partial charge in [-0.1, -0.05) is 29.8 Å². The monoisotopic (exact) mass is 424 g/mol. The number of hydrogen-bond acceptors (Lipinski definition) is 4. The van der Waals surface area contributed by atoms with Crippen LogP contribution < -0.4 is 9.64 Å². The lowest BCUT2D eigenvalue weighted by Crippen LogP contribution is -2.35. The maximum absolute atomic E-state index is 13.6. The molecule has 2 aromatic carbocycles. The normalized spacial score (nSPS) is 17.0. The van der Waals surface area contributed by atoms with E-state index in [2.05, 4.69) is 0 Å². The molecule has 0 saturated carbocycles. The Morgan fingerprint density at radius 2 is 1.63 bits per heavy atom. The van der Waals surface area contributed by atoms with Crippen LogP contribution in [0.2, 0.25) is 5.02 Å². The number of anilines is 1. The number of likely N-dealkylation sites (tertiary alicyclic amines) is 1. The van der Waals surface area contributed by atoms with E-state index in [9.17, 15) is 9.59 Å². The summed E-state index contributed by atoms with van der Waals surface area (Å²) < 4.78 is 5.72. The highest BCUT2D eigenvalue weighted by Crippen LogP contribution is 2.38. The number of carbonyl (C=O) groups excluding carboxylic acids is 2. The van der Waals surface area contributed by atoms with Crippen LogP contribution in [0.1, 0.15) is 37.8 Å². The highest BCUT2D eigenvalue weighted by Gasteiger charge is 2.43. The topological polar surface area (TPSA) is 49.9 Å².